The average Bonchev–Trinajstić information content (AvgIpc) is 2.93. The summed E-state index contributed by atoms with van der Waals surface area (Å²) in [6, 6.07) is 0.757. The van der Waals surface area contributed by atoms with Crippen molar-refractivity contribution in [2.24, 2.45) is 17.8 Å². The third kappa shape index (κ3) is 15.3. The molecule has 0 aromatic rings. The molecule has 0 aromatic carbocycles. The summed E-state index contributed by atoms with van der Waals surface area (Å²) in [7, 11) is 2.15. The first kappa shape index (κ1) is 36.5. The standard InChI is InChI=1S/C14H26N2O.C11H23N.3C2H6/c1-3-12-4-10-16(11-5-12)14(17)13-6-8-15(2)9-7-13;1-4-5-11-6-8-12(9-7-11)10(2)3;3*1-2/h12-13H,3-11H2,1-2H3;10-11H,4-9H2,1-3H3;3*1-2H3. The fourth-order valence-corrected chi connectivity index (χ4v) is 5.24. The summed E-state index contributed by atoms with van der Waals surface area (Å²) in [6.45, 7) is 28.0. The maximum absolute atomic E-state index is 12.4. The molecule has 0 spiro atoms. The zero-order valence-electron chi connectivity index (χ0n) is 26.2. The van der Waals surface area contributed by atoms with Crippen LogP contribution in [0.4, 0.5) is 0 Å². The SMILES string of the molecule is CC.CC.CC.CCC1CCN(C(=O)C2CCN(C)CC2)CC1.CCCC1CCN(C(C)C)CC1. The lowest BCUT2D eigenvalue weighted by Gasteiger charge is -2.36. The normalized spacial score (nSPS) is 20.3. The average molecular weight is 498 g/mol. The number of nitrogens with zero attached hydrogens (tertiary/aromatic N) is 3. The van der Waals surface area contributed by atoms with Crippen molar-refractivity contribution in [2.45, 2.75) is 133 Å². The highest BCUT2D eigenvalue weighted by Gasteiger charge is 2.29. The summed E-state index contributed by atoms with van der Waals surface area (Å²) in [4.78, 5) is 19.4. The fraction of sp³-hybridized carbons (Fsp3) is 0.968. The van der Waals surface area contributed by atoms with Crippen LogP contribution in [-0.2, 0) is 4.79 Å². The third-order valence-corrected chi connectivity index (χ3v) is 7.65. The van der Waals surface area contributed by atoms with E-state index >= 15 is 0 Å². The van der Waals surface area contributed by atoms with Crippen LogP contribution in [0.3, 0.4) is 0 Å². The van der Waals surface area contributed by atoms with Gasteiger partial charge < -0.3 is 14.7 Å². The maximum atomic E-state index is 12.4. The predicted molar refractivity (Wildman–Crippen MR) is 158 cm³/mol. The van der Waals surface area contributed by atoms with Gasteiger partial charge in [-0.25, -0.2) is 0 Å². The zero-order valence-corrected chi connectivity index (χ0v) is 26.2. The molecule has 3 rings (SSSR count). The van der Waals surface area contributed by atoms with Crippen molar-refractivity contribution in [3.63, 3.8) is 0 Å². The Morgan fingerprint density at radius 2 is 1.17 bits per heavy atom. The van der Waals surface area contributed by atoms with E-state index in [9.17, 15) is 4.79 Å². The largest absolute Gasteiger partial charge is 0.342 e. The highest BCUT2D eigenvalue weighted by molar-refractivity contribution is 5.79. The summed E-state index contributed by atoms with van der Waals surface area (Å²) >= 11 is 0. The second-order valence-corrected chi connectivity index (χ2v) is 10.1. The predicted octanol–water partition coefficient (Wildman–Crippen LogP) is 7.96. The van der Waals surface area contributed by atoms with Crippen molar-refractivity contribution in [3.05, 3.63) is 0 Å². The van der Waals surface area contributed by atoms with Gasteiger partial charge in [0.05, 0.1) is 0 Å². The first-order valence-corrected chi connectivity index (χ1v) is 15.7. The summed E-state index contributed by atoms with van der Waals surface area (Å²) in [5.74, 6) is 2.64. The Kier molecular flexibility index (Phi) is 24.8. The van der Waals surface area contributed by atoms with E-state index in [-0.39, 0.29) is 0 Å². The monoisotopic (exact) mass is 498 g/mol. The number of likely N-dealkylation sites (tertiary alicyclic amines) is 3. The molecule has 0 bridgehead atoms. The number of piperidine rings is 3. The lowest BCUT2D eigenvalue weighted by molar-refractivity contribution is -0.138. The quantitative estimate of drug-likeness (QED) is 0.385. The molecule has 0 N–H and O–H groups in total. The van der Waals surface area contributed by atoms with Crippen LogP contribution in [0.15, 0.2) is 0 Å². The lowest BCUT2D eigenvalue weighted by atomic mass is 9.91. The number of carbonyl (C=O) groups excluding carboxylic acids is 1. The van der Waals surface area contributed by atoms with Gasteiger partial charge in [0.15, 0.2) is 0 Å². The molecule has 212 valence electrons. The number of rotatable bonds is 5. The smallest absolute Gasteiger partial charge is 0.225 e. The number of hydrogen-bond acceptors (Lipinski definition) is 3. The maximum Gasteiger partial charge on any atom is 0.225 e. The van der Waals surface area contributed by atoms with E-state index in [1.165, 1.54) is 58.0 Å². The van der Waals surface area contributed by atoms with E-state index in [4.69, 9.17) is 0 Å². The van der Waals surface area contributed by atoms with Crippen molar-refractivity contribution in [3.8, 4) is 0 Å². The van der Waals surface area contributed by atoms with Gasteiger partial charge in [0, 0.05) is 25.0 Å². The first-order chi connectivity index (χ1) is 16.9. The minimum atomic E-state index is 0.310. The van der Waals surface area contributed by atoms with Gasteiger partial charge in [0.1, 0.15) is 0 Å². The molecule has 0 aliphatic carbocycles. The van der Waals surface area contributed by atoms with Crippen molar-refractivity contribution in [1.82, 2.24) is 14.7 Å². The lowest BCUT2D eigenvalue weighted by Crippen LogP contribution is -2.44. The van der Waals surface area contributed by atoms with Gasteiger partial charge in [0.25, 0.3) is 0 Å². The first-order valence-electron chi connectivity index (χ1n) is 15.7. The van der Waals surface area contributed by atoms with Gasteiger partial charge in [-0.1, -0.05) is 74.7 Å². The third-order valence-electron chi connectivity index (χ3n) is 7.65. The summed E-state index contributed by atoms with van der Waals surface area (Å²) in [5.41, 5.74) is 0. The van der Waals surface area contributed by atoms with Crippen LogP contribution in [0.25, 0.3) is 0 Å². The molecule has 4 heteroatoms. The van der Waals surface area contributed by atoms with Crippen LogP contribution in [0.5, 0.6) is 0 Å². The molecule has 3 aliphatic rings. The van der Waals surface area contributed by atoms with Crippen LogP contribution in [-0.4, -0.2) is 73.0 Å². The molecule has 0 saturated carbocycles. The van der Waals surface area contributed by atoms with E-state index < -0.39 is 0 Å². The van der Waals surface area contributed by atoms with Crippen molar-refractivity contribution >= 4 is 5.91 Å². The van der Waals surface area contributed by atoms with Gasteiger partial charge >= 0.3 is 0 Å². The van der Waals surface area contributed by atoms with Gasteiger partial charge in [0.2, 0.25) is 5.91 Å². The Bertz CT molecular complexity index is 444. The summed E-state index contributed by atoms with van der Waals surface area (Å²) in [6.07, 6.45) is 11.5. The number of carbonyl (C=O) groups is 1. The minimum Gasteiger partial charge on any atom is -0.342 e. The van der Waals surface area contributed by atoms with E-state index in [1.54, 1.807) is 0 Å². The molecule has 3 aliphatic heterocycles. The second-order valence-electron chi connectivity index (χ2n) is 10.1. The number of hydrogen-bond donors (Lipinski definition) is 0. The molecule has 0 atom stereocenters. The van der Waals surface area contributed by atoms with E-state index in [0.717, 1.165) is 56.9 Å². The molecule has 0 radical (unpaired) electrons. The Hall–Kier alpha value is -0.610. The van der Waals surface area contributed by atoms with Crippen molar-refractivity contribution in [1.29, 1.82) is 0 Å². The van der Waals surface area contributed by atoms with Gasteiger partial charge in [-0.05, 0) is 97.4 Å². The molecular formula is C31H67N3O. The van der Waals surface area contributed by atoms with Crippen LogP contribution in [0, 0.1) is 17.8 Å². The van der Waals surface area contributed by atoms with E-state index in [1.807, 2.05) is 41.5 Å². The van der Waals surface area contributed by atoms with Crippen molar-refractivity contribution < 1.29 is 4.79 Å². The Morgan fingerprint density at radius 3 is 1.57 bits per heavy atom. The Labute approximate surface area is 222 Å². The van der Waals surface area contributed by atoms with E-state index in [0.29, 0.717) is 11.8 Å². The Balaban J connectivity index is 0. The molecule has 3 heterocycles. The molecule has 0 unspecified atom stereocenters. The minimum absolute atomic E-state index is 0.310. The molecule has 35 heavy (non-hydrogen) atoms. The van der Waals surface area contributed by atoms with Gasteiger partial charge in [-0.15, -0.1) is 0 Å². The van der Waals surface area contributed by atoms with Gasteiger partial charge in [-0.3, -0.25) is 4.79 Å². The van der Waals surface area contributed by atoms with Gasteiger partial charge in [-0.2, -0.15) is 0 Å². The van der Waals surface area contributed by atoms with Crippen molar-refractivity contribution in [2.75, 3.05) is 46.3 Å². The molecular weight excluding hydrogens is 430 g/mol. The molecule has 0 aromatic heterocycles. The molecule has 3 saturated heterocycles. The van der Waals surface area contributed by atoms with E-state index in [2.05, 4.69) is 49.4 Å². The van der Waals surface area contributed by atoms with Crippen LogP contribution < -0.4 is 0 Å². The highest BCUT2D eigenvalue weighted by Crippen LogP contribution is 2.25. The molecule has 4 nitrogen and oxygen atoms in total. The molecule has 1 amide bonds. The van der Waals surface area contributed by atoms with Crippen LogP contribution in [0.2, 0.25) is 0 Å². The van der Waals surface area contributed by atoms with Crippen LogP contribution in [0.1, 0.15) is 127 Å². The number of amides is 1. The molecule has 3 fully saturated rings. The Morgan fingerprint density at radius 1 is 0.714 bits per heavy atom. The van der Waals surface area contributed by atoms with Crippen LogP contribution >= 0.6 is 0 Å². The summed E-state index contributed by atoms with van der Waals surface area (Å²) < 4.78 is 0. The zero-order chi connectivity index (χ0) is 27.2. The second kappa shape index (κ2) is 23.8. The summed E-state index contributed by atoms with van der Waals surface area (Å²) in [5, 5.41) is 0. The fourth-order valence-electron chi connectivity index (χ4n) is 5.24. The topological polar surface area (TPSA) is 26.8 Å². The highest BCUT2D eigenvalue weighted by atomic mass is 16.2.